The average molecular weight is 252 g/mol. The van der Waals surface area contributed by atoms with Crippen molar-refractivity contribution in [1.29, 1.82) is 0 Å². The highest BCUT2D eigenvalue weighted by Gasteiger charge is 2.19. The molecule has 0 spiro atoms. The van der Waals surface area contributed by atoms with Gasteiger partial charge in [0.15, 0.2) is 5.69 Å². The Hall–Kier alpha value is -2.54. The zero-order valence-electron chi connectivity index (χ0n) is 9.74. The minimum atomic E-state index is -0.557. The number of rotatable bonds is 6. The third-order valence-corrected chi connectivity index (χ3v) is 2.30. The molecule has 0 unspecified atom stereocenters. The van der Waals surface area contributed by atoms with Crippen LogP contribution in [0, 0.1) is 10.1 Å². The van der Waals surface area contributed by atoms with Gasteiger partial charge < -0.3 is 15.4 Å². The van der Waals surface area contributed by atoms with Gasteiger partial charge in [-0.3, -0.25) is 4.79 Å². The summed E-state index contributed by atoms with van der Waals surface area (Å²) in [5.74, 6) is -0.541. The highest BCUT2D eigenvalue weighted by atomic mass is 16.6. The SMILES string of the molecule is Cn1c(C(=O)NCCCN=[N+]=[N-])ccc1[N+](=O)[O-]. The van der Waals surface area contributed by atoms with Crippen molar-refractivity contribution in [2.45, 2.75) is 6.42 Å². The fourth-order valence-corrected chi connectivity index (χ4v) is 1.40. The van der Waals surface area contributed by atoms with Crippen molar-refractivity contribution >= 4 is 11.7 Å². The number of hydrogen-bond donors (Lipinski definition) is 1. The molecule has 1 aromatic rings. The molecule has 0 saturated heterocycles. The number of carbonyl (C=O) groups is 1. The molecule has 96 valence electrons. The van der Waals surface area contributed by atoms with Gasteiger partial charge >= 0.3 is 5.82 Å². The van der Waals surface area contributed by atoms with E-state index in [2.05, 4.69) is 15.3 Å². The molecular weight excluding hydrogens is 240 g/mol. The van der Waals surface area contributed by atoms with Crippen LogP contribution in [-0.4, -0.2) is 28.5 Å². The first-order valence-corrected chi connectivity index (χ1v) is 5.17. The summed E-state index contributed by atoms with van der Waals surface area (Å²) < 4.78 is 1.21. The number of hydrogen-bond acceptors (Lipinski definition) is 4. The van der Waals surface area contributed by atoms with Gasteiger partial charge in [0, 0.05) is 24.1 Å². The third kappa shape index (κ3) is 3.22. The minimum Gasteiger partial charge on any atom is -0.358 e. The number of aromatic nitrogens is 1. The smallest absolute Gasteiger partial charge is 0.323 e. The lowest BCUT2D eigenvalue weighted by Crippen LogP contribution is -2.26. The van der Waals surface area contributed by atoms with E-state index in [0.29, 0.717) is 19.5 Å². The van der Waals surface area contributed by atoms with Crippen LogP contribution in [0.25, 0.3) is 10.4 Å². The second-order valence-electron chi connectivity index (χ2n) is 3.46. The first kappa shape index (κ1) is 13.5. The van der Waals surface area contributed by atoms with Crippen LogP contribution in [0.5, 0.6) is 0 Å². The zero-order chi connectivity index (χ0) is 13.5. The summed E-state index contributed by atoms with van der Waals surface area (Å²) in [6.45, 7) is 0.640. The molecule has 1 aromatic heterocycles. The van der Waals surface area contributed by atoms with Crippen molar-refractivity contribution in [2.75, 3.05) is 13.1 Å². The quantitative estimate of drug-likeness (QED) is 0.205. The van der Waals surface area contributed by atoms with E-state index in [4.69, 9.17) is 5.53 Å². The Bertz CT molecular complexity index is 502. The lowest BCUT2D eigenvalue weighted by molar-refractivity contribution is -0.391. The molecule has 9 nitrogen and oxygen atoms in total. The van der Waals surface area contributed by atoms with Crippen molar-refractivity contribution in [2.24, 2.45) is 12.2 Å². The van der Waals surface area contributed by atoms with E-state index in [1.165, 1.54) is 23.7 Å². The Morgan fingerprint density at radius 3 is 2.94 bits per heavy atom. The van der Waals surface area contributed by atoms with Crippen LogP contribution in [0.3, 0.4) is 0 Å². The summed E-state index contributed by atoms with van der Waals surface area (Å²) in [7, 11) is 1.45. The van der Waals surface area contributed by atoms with Crippen LogP contribution < -0.4 is 5.32 Å². The minimum absolute atomic E-state index is 0.144. The highest BCUT2D eigenvalue weighted by Crippen LogP contribution is 2.14. The van der Waals surface area contributed by atoms with Gasteiger partial charge in [0.2, 0.25) is 0 Å². The Kier molecular flexibility index (Phi) is 4.70. The second-order valence-corrected chi connectivity index (χ2v) is 3.46. The summed E-state index contributed by atoms with van der Waals surface area (Å²) in [6.07, 6.45) is 0.516. The number of azide groups is 1. The fraction of sp³-hybridized carbons (Fsp3) is 0.444. The topological polar surface area (TPSA) is 126 Å². The standard InChI is InChI=1S/C9H12N6O3/c1-14-7(3-4-8(14)15(17)18)9(16)11-5-2-6-12-13-10/h3-4H,2,5-6H2,1H3,(H,11,16). The maximum absolute atomic E-state index is 11.7. The van der Waals surface area contributed by atoms with Crippen LogP contribution >= 0.6 is 0 Å². The average Bonchev–Trinajstić information content (AvgIpc) is 2.70. The Labute approximate surface area is 102 Å². The summed E-state index contributed by atoms with van der Waals surface area (Å²) in [4.78, 5) is 24.3. The molecule has 1 heterocycles. The molecule has 0 fully saturated rings. The number of nitrogens with zero attached hydrogens (tertiary/aromatic N) is 5. The van der Waals surface area contributed by atoms with Gasteiger partial charge in [0.25, 0.3) is 5.91 Å². The maximum atomic E-state index is 11.7. The van der Waals surface area contributed by atoms with Gasteiger partial charge in [-0.2, -0.15) is 0 Å². The normalized spacial score (nSPS) is 9.61. The van der Waals surface area contributed by atoms with Gasteiger partial charge in [-0.05, 0) is 22.9 Å². The van der Waals surface area contributed by atoms with E-state index >= 15 is 0 Å². The van der Waals surface area contributed by atoms with Crippen LogP contribution in [-0.2, 0) is 7.05 Å². The second kappa shape index (κ2) is 6.26. The number of amides is 1. The van der Waals surface area contributed by atoms with Gasteiger partial charge in [0.05, 0.1) is 7.05 Å². The molecule has 0 aliphatic rings. The summed E-state index contributed by atoms with van der Waals surface area (Å²) >= 11 is 0. The van der Waals surface area contributed by atoms with Crippen molar-refractivity contribution in [3.63, 3.8) is 0 Å². The van der Waals surface area contributed by atoms with E-state index in [-0.39, 0.29) is 11.5 Å². The molecule has 0 bridgehead atoms. The zero-order valence-corrected chi connectivity index (χ0v) is 9.74. The van der Waals surface area contributed by atoms with Crippen LogP contribution in [0.2, 0.25) is 0 Å². The first-order valence-electron chi connectivity index (χ1n) is 5.17. The Morgan fingerprint density at radius 1 is 1.67 bits per heavy atom. The molecule has 0 aliphatic heterocycles. The molecule has 0 aromatic carbocycles. The van der Waals surface area contributed by atoms with Crippen LogP contribution in [0.1, 0.15) is 16.9 Å². The van der Waals surface area contributed by atoms with E-state index in [1.807, 2.05) is 0 Å². The molecule has 0 aliphatic carbocycles. The predicted molar refractivity (Wildman–Crippen MR) is 63.0 cm³/mol. The molecule has 1 N–H and O–H groups in total. The van der Waals surface area contributed by atoms with E-state index < -0.39 is 10.8 Å². The van der Waals surface area contributed by atoms with Gasteiger partial charge in [-0.25, -0.2) is 4.57 Å². The fourth-order valence-electron chi connectivity index (χ4n) is 1.40. The molecule has 1 amide bonds. The van der Waals surface area contributed by atoms with Crippen molar-refractivity contribution in [3.05, 3.63) is 38.4 Å². The van der Waals surface area contributed by atoms with Gasteiger partial charge in [0.1, 0.15) is 0 Å². The Morgan fingerprint density at radius 2 is 2.39 bits per heavy atom. The van der Waals surface area contributed by atoms with Crippen LogP contribution in [0.4, 0.5) is 5.82 Å². The van der Waals surface area contributed by atoms with E-state index in [9.17, 15) is 14.9 Å². The number of nitrogens with one attached hydrogen (secondary N) is 1. The first-order chi connectivity index (χ1) is 8.57. The monoisotopic (exact) mass is 252 g/mol. The lowest BCUT2D eigenvalue weighted by atomic mass is 10.3. The molecule has 9 heteroatoms. The number of nitro groups is 1. The third-order valence-electron chi connectivity index (χ3n) is 2.30. The molecule has 18 heavy (non-hydrogen) atoms. The molecular formula is C9H12N6O3. The van der Waals surface area contributed by atoms with E-state index in [1.54, 1.807) is 0 Å². The lowest BCUT2D eigenvalue weighted by Gasteiger charge is -2.02. The molecule has 0 atom stereocenters. The Balaban J connectivity index is 2.57. The summed E-state index contributed by atoms with van der Waals surface area (Å²) in [6, 6.07) is 2.66. The summed E-state index contributed by atoms with van der Waals surface area (Å²) in [5.41, 5.74) is 8.26. The largest absolute Gasteiger partial charge is 0.358 e. The maximum Gasteiger partial charge on any atom is 0.323 e. The molecule has 0 radical (unpaired) electrons. The number of carbonyl (C=O) groups excluding carboxylic acids is 1. The predicted octanol–water partition coefficient (Wildman–Crippen LogP) is 1.36. The van der Waals surface area contributed by atoms with Gasteiger partial charge in [-0.15, -0.1) is 0 Å². The van der Waals surface area contributed by atoms with Crippen molar-refractivity contribution < 1.29 is 9.72 Å². The highest BCUT2D eigenvalue weighted by molar-refractivity contribution is 5.93. The van der Waals surface area contributed by atoms with Gasteiger partial charge in [-0.1, -0.05) is 5.11 Å². The van der Waals surface area contributed by atoms with Crippen molar-refractivity contribution in [3.8, 4) is 0 Å². The van der Waals surface area contributed by atoms with E-state index in [0.717, 1.165) is 0 Å². The molecule has 0 saturated carbocycles. The molecule has 1 rings (SSSR count). The van der Waals surface area contributed by atoms with Crippen LogP contribution in [0.15, 0.2) is 17.2 Å². The summed E-state index contributed by atoms with van der Waals surface area (Å²) in [5, 5.41) is 16.5. The van der Waals surface area contributed by atoms with Crippen molar-refractivity contribution in [1.82, 2.24) is 9.88 Å².